The van der Waals surface area contributed by atoms with Crippen LogP contribution in [0.2, 0.25) is 0 Å². The largest absolute Gasteiger partial charge is 0.478 e. The standard InChI is InChI=1S/C27H31NO2S/c1-18-23(25(29)30)16-28(24(18)31-17-19-9-7-6-8-10-19)22-14-20(26(2,3)4)13-21(15-22)27(5)11-12-27/h6-10,13-16H,11-12,17H2,1-5H3,(H,29,30). The molecular formula is C27H31NO2S. The number of carbonyl (C=O) groups is 1. The number of thioether (sulfide) groups is 1. The lowest BCUT2D eigenvalue weighted by Crippen LogP contribution is -2.14. The van der Waals surface area contributed by atoms with Gasteiger partial charge in [-0.05, 0) is 65.0 Å². The Bertz CT molecular complexity index is 1090. The fourth-order valence-corrected chi connectivity index (χ4v) is 5.02. The topological polar surface area (TPSA) is 42.2 Å². The van der Waals surface area contributed by atoms with E-state index in [2.05, 4.69) is 62.6 Å². The number of carboxylic acid groups (broad SMARTS) is 1. The van der Waals surface area contributed by atoms with E-state index >= 15 is 0 Å². The number of benzene rings is 2. The molecule has 2 aromatic carbocycles. The van der Waals surface area contributed by atoms with Crippen molar-refractivity contribution in [2.75, 3.05) is 0 Å². The number of aromatic nitrogens is 1. The van der Waals surface area contributed by atoms with Gasteiger partial charge in [-0.2, -0.15) is 0 Å². The highest BCUT2D eigenvalue weighted by Crippen LogP contribution is 2.49. The van der Waals surface area contributed by atoms with Crippen molar-refractivity contribution in [1.82, 2.24) is 4.57 Å². The lowest BCUT2D eigenvalue weighted by atomic mass is 9.83. The molecule has 4 heteroatoms. The second-order valence-electron chi connectivity index (χ2n) is 10.0. The second-order valence-corrected chi connectivity index (χ2v) is 11.0. The summed E-state index contributed by atoms with van der Waals surface area (Å²) in [6.07, 6.45) is 4.22. The second kappa shape index (κ2) is 7.90. The van der Waals surface area contributed by atoms with Crippen LogP contribution in [0.25, 0.3) is 5.69 Å². The van der Waals surface area contributed by atoms with Gasteiger partial charge in [-0.15, -0.1) is 11.8 Å². The summed E-state index contributed by atoms with van der Waals surface area (Å²) in [5.74, 6) is -0.0759. The molecule has 3 aromatic rings. The summed E-state index contributed by atoms with van der Waals surface area (Å²) in [5.41, 5.74) is 6.39. The van der Waals surface area contributed by atoms with Crippen LogP contribution in [0.4, 0.5) is 0 Å². The Morgan fingerprint density at radius 1 is 1.13 bits per heavy atom. The molecule has 0 unspecified atom stereocenters. The molecule has 1 aliphatic rings. The molecule has 1 N–H and O–H groups in total. The van der Waals surface area contributed by atoms with Crippen LogP contribution in [-0.2, 0) is 16.6 Å². The maximum Gasteiger partial charge on any atom is 0.337 e. The third-order valence-electron chi connectivity index (χ3n) is 6.41. The highest BCUT2D eigenvalue weighted by molar-refractivity contribution is 7.98. The first-order chi connectivity index (χ1) is 14.6. The molecular weight excluding hydrogens is 402 g/mol. The van der Waals surface area contributed by atoms with Crippen molar-refractivity contribution in [3.8, 4) is 5.69 Å². The zero-order chi connectivity index (χ0) is 22.4. The summed E-state index contributed by atoms with van der Waals surface area (Å²) in [7, 11) is 0. The van der Waals surface area contributed by atoms with Crippen LogP contribution in [0.1, 0.15) is 73.1 Å². The molecule has 0 saturated heterocycles. The first-order valence-electron chi connectivity index (χ1n) is 10.9. The molecule has 1 aromatic heterocycles. The van der Waals surface area contributed by atoms with Crippen LogP contribution < -0.4 is 0 Å². The van der Waals surface area contributed by atoms with Gasteiger partial charge in [0.25, 0.3) is 0 Å². The Labute approximate surface area is 189 Å². The minimum absolute atomic E-state index is 0.0190. The van der Waals surface area contributed by atoms with Gasteiger partial charge < -0.3 is 9.67 Å². The molecule has 0 atom stereocenters. The summed E-state index contributed by atoms with van der Waals surface area (Å²) in [6.45, 7) is 11.0. The number of hydrogen-bond acceptors (Lipinski definition) is 2. The molecule has 1 heterocycles. The molecule has 4 rings (SSSR count). The summed E-state index contributed by atoms with van der Waals surface area (Å²) in [6, 6.07) is 17.2. The summed E-state index contributed by atoms with van der Waals surface area (Å²) in [4.78, 5) is 11.9. The van der Waals surface area contributed by atoms with Crippen LogP contribution in [-0.4, -0.2) is 15.6 Å². The maximum absolute atomic E-state index is 11.9. The molecule has 0 amide bonds. The number of hydrogen-bond donors (Lipinski definition) is 1. The Morgan fingerprint density at radius 2 is 1.81 bits per heavy atom. The van der Waals surface area contributed by atoms with E-state index in [1.165, 1.54) is 29.5 Å². The first kappa shape index (κ1) is 21.8. The fourth-order valence-electron chi connectivity index (χ4n) is 3.90. The fraction of sp³-hybridized carbons (Fsp3) is 0.370. The zero-order valence-electron chi connectivity index (χ0n) is 19.0. The molecule has 31 heavy (non-hydrogen) atoms. The number of nitrogens with zero attached hydrogens (tertiary/aromatic N) is 1. The molecule has 0 aliphatic heterocycles. The Morgan fingerprint density at radius 3 is 2.39 bits per heavy atom. The number of carboxylic acids is 1. The lowest BCUT2D eigenvalue weighted by molar-refractivity contribution is 0.0696. The summed E-state index contributed by atoms with van der Waals surface area (Å²) in [5, 5.41) is 10.8. The van der Waals surface area contributed by atoms with E-state index < -0.39 is 5.97 Å². The molecule has 1 saturated carbocycles. The number of aromatic carboxylic acids is 1. The average Bonchev–Trinajstić information content (AvgIpc) is 3.39. The van der Waals surface area contributed by atoms with Crippen molar-refractivity contribution in [2.24, 2.45) is 0 Å². The van der Waals surface area contributed by atoms with Crippen LogP contribution >= 0.6 is 11.8 Å². The van der Waals surface area contributed by atoms with E-state index in [0.717, 1.165) is 22.0 Å². The first-order valence-corrected chi connectivity index (χ1v) is 11.9. The third kappa shape index (κ3) is 4.45. The predicted octanol–water partition coefficient (Wildman–Crippen LogP) is 7.13. The average molecular weight is 434 g/mol. The highest BCUT2D eigenvalue weighted by Gasteiger charge is 2.40. The van der Waals surface area contributed by atoms with E-state index in [1.807, 2.05) is 25.1 Å². The SMILES string of the molecule is Cc1c(C(=O)O)cn(-c2cc(C(C)(C)C)cc(C3(C)CC3)c2)c1SCc1ccccc1. The molecule has 162 valence electrons. The van der Waals surface area contributed by atoms with Gasteiger partial charge in [0.2, 0.25) is 0 Å². The van der Waals surface area contributed by atoms with Crippen molar-refractivity contribution in [3.05, 3.63) is 82.5 Å². The quantitative estimate of drug-likeness (QED) is 0.421. The van der Waals surface area contributed by atoms with E-state index in [4.69, 9.17) is 0 Å². The smallest absolute Gasteiger partial charge is 0.337 e. The van der Waals surface area contributed by atoms with Crippen molar-refractivity contribution in [1.29, 1.82) is 0 Å². The van der Waals surface area contributed by atoms with Gasteiger partial charge in [0, 0.05) is 17.6 Å². The van der Waals surface area contributed by atoms with Crippen LogP contribution in [0.15, 0.2) is 59.8 Å². The third-order valence-corrected chi connectivity index (χ3v) is 7.66. The van der Waals surface area contributed by atoms with Gasteiger partial charge >= 0.3 is 5.97 Å². The van der Waals surface area contributed by atoms with Gasteiger partial charge in [0.15, 0.2) is 0 Å². The maximum atomic E-state index is 11.9. The molecule has 0 spiro atoms. The molecule has 0 bridgehead atoms. The Kier molecular flexibility index (Phi) is 5.55. The lowest BCUT2D eigenvalue weighted by Gasteiger charge is -2.24. The van der Waals surface area contributed by atoms with Crippen LogP contribution in [0.3, 0.4) is 0 Å². The minimum atomic E-state index is -0.876. The monoisotopic (exact) mass is 433 g/mol. The molecule has 1 aliphatic carbocycles. The zero-order valence-corrected chi connectivity index (χ0v) is 19.8. The van der Waals surface area contributed by atoms with E-state index in [9.17, 15) is 9.90 Å². The van der Waals surface area contributed by atoms with Gasteiger partial charge in [0.1, 0.15) is 0 Å². The Balaban J connectivity index is 1.83. The van der Waals surface area contributed by atoms with Gasteiger partial charge in [0.05, 0.1) is 10.6 Å². The predicted molar refractivity (Wildman–Crippen MR) is 129 cm³/mol. The van der Waals surface area contributed by atoms with Gasteiger partial charge in [-0.25, -0.2) is 4.79 Å². The number of rotatable bonds is 6. The minimum Gasteiger partial charge on any atom is -0.478 e. The van der Waals surface area contributed by atoms with E-state index in [0.29, 0.717) is 5.56 Å². The van der Waals surface area contributed by atoms with Crippen LogP contribution in [0, 0.1) is 6.92 Å². The van der Waals surface area contributed by atoms with Gasteiger partial charge in [-0.3, -0.25) is 0 Å². The van der Waals surface area contributed by atoms with Crippen LogP contribution in [0.5, 0.6) is 0 Å². The summed E-state index contributed by atoms with van der Waals surface area (Å²) < 4.78 is 2.09. The van der Waals surface area contributed by atoms with E-state index in [1.54, 1.807) is 18.0 Å². The highest BCUT2D eigenvalue weighted by atomic mass is 32.2. The van der Waals surface area contributed by atoms with Crippen molar-refractivity contribution in [2.45, 2.75) is 69.1 Å². The van der Waals surface area contributed by atoms with E-state index in [-0.39, 0.29) is 10.8 Å². The summed E-state index contributed by atoms with van der Waals surface area (Å²) >= 11 is 1.70. The molecule has 1 fully saturated rings. The van der Waals surface area contributed by atoms with Gasteiger partial charge in [-0.1, -0.05) is 64.1 Å². The van der Waals surface area contributed by atoms with Crippen molar-refractivity contribution < 1.29 is 9.90 Å². The Hall–Kier alpha value is -2.46. The molecule has 3 nitrogen and oxygen atoms in total. The normalized spacial score (nSPS) is 15.1. The van der Waals surface area contributed by atoms with Crippen molar-refractivity contribution >= 4 is 17.7 Å². The van der Waals surface area contributed by atoms with Crippen molar-refractivity contribution in [3.63, 3.8) is 0 Å². The molecule has 0 radical (unpaired) electrons.